The first-order chi connectivity index (χ1) is 12.4. The summed E-state index contributed by atoms with van der Waals surface area (Å²) in [4.78, 5) is 12.9. The lowest BCUT2D eigenvalue weighted by Gasteiger charge is -2.39. The van der Waals surface area contributed by atoms with Gasteiger partial charge in [0, 0.05) is 12.2 Å². The molecule has 1 amide bonds. The number of anilines is 2. The monoisotopic (exact) mass is 374 g/mol. The smallest absolute Gasteiger partial charge is 0.249 e. The summed E-state index contributed by atoms with van der Waals surface area (Å²) in [6, 6.07) is 15.7. The second kappa shape index (κ2) is 6.99. The third-order valence-corrected chi connectivity index (χ3v) is 7.25. The Balaban J connectivity index is 1.87. The standard InChI is InChI=1S/C19H22N2O4S/c1-19(18(22)20-15-9-11-17(25-2)12-10-15)13-6-14-21(26(19,23)24)16-7-4-3-5-8-16/h3-5,7-12H,6,13-14H2,1-2H3,(H,20,22)/t19-/m1/s1. The Hall–Kier alpha value is -2.54. The molecule has 7 heteroatoms. The molecule has 1 fully saturated rings. The van der Waals surface area contributed by atoms with Crippen molar-refractivity contribution in [3.05, 3.63) is 54.6 Å². The van der Waals surface area contributed by atoms with Gasteiger partial charge in [0.2, 0.25) is 15.9 Å². The van der Waals surface area contributed by atoms with Gasteiger partial charge in [-0.05, 0) is 56.2 Å². The molecule has 138 valence electrons. The van der Waals surface area contributed by atoms with Crippen LogP contribution in [0.5, 0.6) is 5.75 Å². The first-order valence-corrected chi connectivity index (χ1v) is 9.85. The number of amides is 1. The molecule has 1 saturated heterocycles. The number of hydrogen-bond donors (Lipinski definition) is 1. The zero-order valence-corrected chi connectivity index (χ0v) is 15.6. The van der Waals surface area contributed by atoms with E-state index in [-0.39, 0.29) is 6.42 Å². The Morgan fingerprint density at radius 1 is 1.12 bits per heavy atom. The van der Waals surface area contributed by atoms with Gasteiger partial charge in [0.25, 0.3) is 0 Å². The van der Waals surface area contributed by atoms with Crippen molar-refractivity contribution in [1.82, 2.24) is 0 Å². The Morgan fingerprint density at radius 2 is 1.77 bits per heavy atom. The summed E-state index contributed by atoms with van der Waals surface area (Å²) < 4.78 is 31.3. The highest BCUT2D eigenvalue weighted by atomic mass is 32.2. The molecule has 1 N–H and O–H groups in total. The van der Waals surface area contributed by atoms with E-state index >= 15 is 0 Å². The van der Waals surface area contributed by atoms with Crippen LogP contribution in [0.15, 0.2) is 54.6 Å². The van der Waals surface area contributed by atoms with E-state index in [2.05, 4.69) is 5.32 Å². The van der Waals surface area contributed by atoms with Crippen LogP contribution in [-0.4, -0.2) is 32.7 Å². The molecule has 0 radical (unpaired) electrons. The number of nitrogens with one attached hydrogen (secondary N) is 1. The number of hydrogen-bond acceptors (Lipinski definition) is 4. The zero-order chi connectivity index (χ0) is 18.8. The topological polar surface area (TPSA) is 75.7 Å². The number of ether oxygens (including phenoxy) is 1. The van der Waals surface area contributed by atoms with Crippen molar-refractivity contribution >= 4 is 27.3 Å². The Bertz CT molecular complexity index is 882. The number of sulfonamides is 1. The maximum atomic E-state index is 13.2. The van der Waals surface area contributed by atoms with Crippen molar-refractivity contribution in [2.24, 2.45) is 0 Å². The number of carbonyl (C=O) groups excluding carboxylic acids is 1. The van der Waals surface area contributed by atoms with E-state index in [4.69, 9.17) is 4.74 Å². The molecule has 1 aliphatic heterocycles. The Kier molecular flexibility index (Phi) is 4.91. The fourth-order valence-electron chi connectivity index (χ4n) is 3.08. The van der Waals surface area contributed by atoms with Crippen LogP contribution in [0.3, 0.4) is 0 Å². The number of para-hydroxylation sites is 1. The average Bonchev–Trinajstić information content (AvgIpc) is 2.65. The normalized spacial score (nSPS) is 21.8. The molecule has 0 spiro atoms. The van der Waals surface area contributed by atoms with Crippen LogP contribution in [-0.2, 0) is 14.8 Å². The van der Waals surface area contributed by atoms with Gasteiger partial charge in [-0.15, -0.1) is 0 Å². The van der Waals surface area contributed by atoms with Gasteiger partial charge in [0.15, 0.2) is 4.75 Å². The van der Waals surface area contributed by atoms with Crippen LogP contribution in [0, 0.1) is 0 Å². The van der Waals surface area contributed by atoms with Gasteiger partial charge in [-0.25, -0.2) is 8.42 Å². The quantitative estimate of drug-likeness (QED) is 0.893. The van der Waals surface area contributed by atoms with E-state index in [1.807, 2.05) is 6.07 Å². The number of benzene rings is 2. The van der Waals surface area contributed by atoms with Gasteiger partial charge >= 0.3 is 0 Å². The maximum absolute atomic E-state index is 13.2. The molecule has 0 unspecified atom stereocenters. The summed E-state index contributed by atoms with van der Waals surface area (Å²) in [6.07, 6.45) is 0.890. The van der Waals surface area contributed by atoms with Crippen LogP contribution in [0.2, 0.25) is 0 Å². The summed E-state index contributed by atoms with van der Waals surface area (Å²) in [5.41, 5.74) is 1.11. The fourth-order valence-corrected chi connectivity index (χ4v) is 5.03. The first-order valence-electron chi connectivity index (χ1n) is 8.41. The minimum atomic E-state index is -3.85. The Morgan fingerprint density at radius 3 is 2.38 bits per heavy atom. The van der Waals surface area contributed by atoms with E-state index < -0.39 is 20.7 Å². The molecule has 26 heavy (non-hydrogen) atoms. The third kappa shape index (κ3) is 3.14. The third-order valence-electron chi connectivity index (χ3n) is 4.75. The summed E-state index contributed by atoms with van der Waals surface area (Å²) in [5, 5.41) is 2.73. The minimum absolute atomic E-state index is 0.278. The van der Waals surface area contributed by atoms with Crippen molar-refractivity contribution < 1.29 is 17.9 Å². The van der Waals surface area contributed by atoms with E-state index in [1.54, 1.807) is 55.6 Å². The summed E-state index contributed by atoms with van der Waals surface area (Å²) in [6.45, 7) is 1.87. The highest BCUT2D eigenvalue weighted by Gasteiger charge is 2.51. The van der Waals surface area contributed by atoms with E-state index in [0.29, 0.717) is 30.1 Å². The molecule has 0 saturated carbocycles. The Labute approximate surface area is 153 Å². The van der Waals surface area contributed by atoms with Gasteiger partial charge in [-0.1, -0.05) is 18.2 Å². The molecule has 2 aromatic rings. The fraction of sp³-hybridized carbons (Fsp3) is 0.316. The molecule has 1 heterocycles. The van der Waals surface area contributed by atoms with Crippen LogP contribution in [0.1, 0.15) is 19.8 Å². The first kappa shape index (κ1) is 18.3. The molecular weight excluding hydrogens is 352 g/mol. The molecular formula is C19H22N2O4S. The molecule has 3 rings (SSSR count). The highest BCUT2D eigenvalue weighted by molar-refractivity contribution is 7.95. The number of methoxy groups -OCH3 is 1. The van der Waals surface area contributed by atoms with Crippen molar-refractivity contribution in [3.63, 3.8) is 0 Å². The van der Waals surface area contributed by atoms with Crippen LogP contribution in [0.25, 0.3) is 0 Å². The highest BCUT2D eigenvalue weighted by Crippen LogP contribution is 2.36. The number of carbonyl (C=O) groups is 1. The van der Waals surface area contributed by atoms with Crippen LogP contribution in [0.4, 0.5) is 11.4 Å². The van der Waals surface area contributed by atoms with Gasteiger partial charge < -0.3 is 10.1 Å². The van der Waals surface area contributed by atoms with E-state index in [1.165, 1.54) is 11.2 Å². The lowest BCUT2D eigenvalue weighted by molar-refractivity contribution is -0.118. The molecule has 0 aliphatic carbocycles. The minimum Gasteiger partial charge on any atom is -0.497 e. The van der Waals surface area contributed by atoms with Crippen molar-refractivity contribution in [2.45, 2.75) is 24.5 Å². The predicted octanol–water partition coefficient (Wildman–Crippen LogP) is 3.02. The molecule has 0 bridgehead atoms. The maximum Gasteiger partial charge on any atom is 0.249 e. The SMILES string of the molecule is COc1ccc(NC(=O)[C@@]2(C)CCCN(c3ccccc3)S2(=O)=O)cc1. The lowest BCUT2D eigenvalue weighted by atomic mass is 10.0. The van der Waals surface area contributed by atoms with Crippen LogP contribution < -0.4 is 14.4 Å². The number of rotatable bonds is 4. The van der Waals surface area contributed by atoms with Crippen molar-refractivity contribution in [1.29, 1.82) is 0 Å². The summed E-state index contributed by atoms with van der Waals surface area (Å²) in [7, 11) is -2.30. The second-order valence-electron chi connectivity index (χ2n) is 6.43. The van der Waals surface area contributed by atoms with E-state index in [9.17, 15) is 13.2 Å². The van der Waals surface area contributed by atoms with Crippen LogP contribution >= 0.6 is 0 Å². The van der Waals surface area contributed by atoms with Crippen molar-refractivity contribution in [3.8, 4) is 5.75 Å². The van der Waals surface area contributed by atoms with Gasteiger partial charge in [-0.2, -0.15) is 0 Å². The second-order valence-corrected chi connectivity index (χ2v) is 8.72. The van der Waals surface area contributed by atoms with Gasteiger partial charge in [-0.3, -0.25) is 9.10 Å². The molecule has 1 atom stereocenters. The van der Waals surface area contributed by atoms with Crippen molar-refractivity contribution in [2.75, 3.05) is 23.3 Å². The largest absolute Gasteiger partial charge is 0.497 e. The molecule has 0 aromatic heterocycles. The zero-order valence-electron chi connectivity index (χ0n) is 14.8. The van der Waals surface area contributed by atoms with E-state index in [0.717, 1.165) is 0 Å². The molecule has 2 aromatic carbocycles. The summed E-state index contributed by atoms with van der Waals surface area (Å²) >= 11 is 0. The molecule has 6 nitrogen and oxygen atoms in total. The lowest BCUT2D eigenvalue weighted by Crippen LogP contribution is -2.57. The predicted molar refractivity (Wildman–Crippen MR) is 102 cm³/mol. The number of nitrogens with zero attached hydrogens (tertiary/aromatic N) is 1. The van der Waals surface area contributed by atoms with Gasteiger partial charge in [0.05, 0.1) is 12.8 Å². The van der Waals surface area contributed by atoms with Gasteiger partial charge in [0.1, 0.15) is 5.75 Å². The average molecular weight is 374 g/mol. The summed E-state index contributed by atoms with van der Waals surface area (Å²) in [5.74, 6) is 0.137. The molecule has 1 aliphatic rings.